The summed E-state index contributed by atoms with van der Waals surface area (Å²) in [5.41, 5.74) is 1.84. The summed E-state index contributed by atoms with van der Waals surface area (Å²) in [6.45, 7) is 1.57. The van der Waals surface area contributed by atoms with Gasteiger partial charge in [0.25, 0.3) is 11.8 Å². The van der Waals surface area contributed by atoms with Gasteiger partial charge in [0.05, 0.1) is 5.69 Å². The van der Waals surface area contributed by atoms with Crippen molar-refractivity contribution in [1.82, 2.24) is 4.90 Å². The number of likely N-dealkylation sites (tertiary alicyclic amines) is 1. The molecule has 0 spiro atoms. The summed E-state index contributed by atoms with van der Waals surface area (Å²) in [6.07, 6.45) is 6.04. The molecule has 4 rings (SSSR count). The zero-order chi connectivity index (χ0) is 19.5. The fourth-order valence-corrected chi connectivity index (χ4v) is 3.70. The summed E-state index contributed by atoms with van der Waals surface area (Å²) in [6, 6.07) is 12.3. The lowest BCUT2D eigenvalue weighted by Crippen LogP contribution is -2.32. The van der Waals surface area contributed by atoms with Crippen molar-refractivity contribution in [2.45, 2.75) is 25.7 Å². The lowest BCUT2D eigenvalue weighted by atomic mass is 10.1. The topological polar surface area (TPSA) is 58.6 Å². The number of anilines is 1. The number of carbonyl (C=O) groups is 2. The van der Waals surface area contributed by atoms with Crippen LogP contribution in [0.25, 0.3) is 6.08 Å². The molecule has 0 atom stereocenters. The first-order valence-electron chi connectivity index (χ1n) is 9.50. The number of amides is 2. The predicted octanol–water partition coefficient (Wildman–Crippen LogP) is 4.73. The highest BCUT2D eigenvalue weighted by molar-refractivity contribution is 6.30. The van der Waals surface area contributed by atoms with Gasteiger partial charge in [-0.15, -0.1) is 0 Å². The molecule has 0 unspecified atom stereocenters. The summed E-state index contributed by atoms with van der Waals surface area (Å²) < 4.78 is 5.77. The van der Waals surface area contributed by atoms with Gasteiger partial charge in [-0.2, -0.15) is 0 Å². The predicted molar refractivity (Wildman–Crippen MR) is 110 cm³/mol. The number of hydrogen-bond acceptors (Lipinski definition) is 3. The molecule has 1 saturated heterocycles. The first-order chi connectivity index (χ1) is 13.6. The first kappa shape index (κ1) is 18.6. The van der Waals surface area contributed by atoms with Crippen LogP contribution in [0, 0.1) is 0 Å². The Bertz CT molecular complexity index is 947. The molecule has 2 amide bonds. The average molecular weight is 397 g/mol. The lowest BCUT2D eigenvalue weighted by Gasteiger charge is -2.23. The van der Waals surface area contributed by atoms with E-state index in [0.29, 0.717) is 22.0 Å². The van der Waals surface area contributed by atoms with Crippen LogP contribution in [0.4, 0.5) is 5.69 Å². The summed E-state index contributed by atoms with van der Waals surface area (Å²) in [4.78, 5) is 27.1. The van der Waals surface area contributed by atoms with Crippen LogP contribution < -0.4 is 10.1 Å². The molecule has 2 heterocycles. The number of carbonyl (C=O) groups excluding carboxylic acids is 2. The van der Waals surface area contributed by atoms with Gasteiger partial charge < -0.3 is 15.0 Å². The molecule has 0 radical (unpaired) electrons. The van der Waals surface area contributed by atoms with Crippen molar-refractivity contribution < 1.29 is 14.3 Å². The molecule has 144 valence electrons. The Hall–Kier alpha value is -2.79. The van der Waals surface area contributed by atoms with Gasteiger partial charge in [0.15, 0.2) is 11.5 Å². The molecule has 0 aliphatic carbocycles. The number of halogens is 1. The van der Waals surface area contributed by atoms with E-state index >= 15 is 0 Å². The van der Waals surface area contributed by atoms with Gasteiger partial charge in [0.1, 0.15) is 0 Å². The van der Waals surface area contributed by atoms with Crippen molar-refractivity contribution in [3.05, 3.63) is 64.4 Å². The van der Waals surface area contributed by atoms with Crippen molar-refractivity contribution >= 4 is 35.2 Å². The normalized spacial score (nSPS) is 18.1. The Morgan fingerprint density at radius 3 is 2.61 bits per heavy atom. The minimum atomic E-state index is -0.355. The third-order valence-corrected chi connectivity index (χ3v) is 5.19. The molecule has 1 N–H and O–H groups in total. The van der Waals surface area contributed by atoms with Crippen LogP contribution in [0.15, 0.2) is 48.2 Å². The average Bonchev–Trinajstić information content (AvgIpc) is 2.97. The van der Waals surface area contributed by atoms with Gasteiger partial charge in [-0.3, -0.25) is 9.59 Å². The summed E-state index contributed by atoms with van der Waals surface area (Å²) in [5.74, 6) is 0.340. The van der Waals surface area contributed by atoms with Crippen molar-refractivity contribution in [2.24, 2.45) is 0 Å². The van der Waals surface area contributed by atoms with Gasteiger partial charge >= 0.3 is 0 Å². The molecule has 5 nitrogen and oxygen atoms in total. The Morgan fingerprint density at radius 1 is 1.07 bits per heavy atom. The molecule has 1 fully saturated rings. The molecule has 0 aromatic heterocycles. The van der Waals surface area contributed by atoms with E-state index in [2.05, 4.69) is 5.32 Å². The van der Waals surface area contributed by atoms with Crippen LogP contribution in [-0.2, 0) is 4.79 Å². The maximum absolute atomic E-state index is 12.8. The van der Waals surface area contributed by atoms with Gasteiger partial charge in [0, 0.05) is 23.7 Å². The molecule has 6 heteroatoms. The molecular weight excluding hydrogens is 376 g/mol. The Morgan fingerprint density at radius 2 is 1.86 bits per heavy atom. The number of rotatable bonds is 2. The van der Waals surface area contributed by atoms with E-state index < -0.39 is 0 Å². The molecule has 2 aliphatic heterocycles. The first-order valence-corrected chi connectivity index (χ1v) is 9.88. The summed E-state index contributed by atoms with van der Waals surface area (Å²) in [5, 5.41) is 3.41. The number of ether oxygens (including phenoxy) is 1. The molecular formula is C22H21ClN2O3. The summed E-state index contributed by atoms with van der Waals surface area (Å²) in [7, 11) is 0. The van der Waals surface area contributed by atoms with E-state index in [9.17, 15) is 9.59 Å². The highest BCUT2D eigenvalue weighted by Gasteiger charge is 2.24. The van der Waals surface area contributed by atoms with Crippen molar-refractivity contribution in [3.63, 3.8) is 0 Å². The second-order valence-corrected chi connectivity index (χ2v) is 7.47. The van der Waals surface area contributed by atoms with Crippen LogP contribution in [0.5, 0.6) is 5.75 Å². The van der Waals surface area contributed by atoms with E-state index in [1.165, 1.54) is 12.8 Å². The van der Waals surface area contributed by atoms with Crippen LogP contribution in [0.2, 0.25) is 5.02 Å². The fraction of sp³-hybridized carbons (Fsp3) is 0.273. The minimum absolute atomic E-state index is 0.000726. The number of benzene rings is 2. The van der Waals surface area contributed by atoms with Gasteiger partial charge in [-0.1, -0.05) is 36.6 Å². The minimum Gasteiger partial charge on any atom is -0.449 e. The van der Waals surface area contributed by atoms with Crippen molar-refractivity contribution in [3.8, 4) is 5.75 Å². The Labute approximate surface area is 168 Å². The molecule has 2 aromatic carbocycles. The standard InChI is InChI=1S/C22H21ClN2O3/c23-17-7-5-6-15(12-17)13-20-21(26)24-18-14-16(8-9-19(18)28-20)22(27)25-10-3-1-2-4-11-25/h5-9,12-14H,1-4,10-11H2,(H,24,26). The fourth-order valence-electron chi connectivity index (χ4n) is 3.50. The van der Waals surface area contributed by atoms with Crippen LogP contribution in [-0.4, -0.2) is 29.8 Å². The third kappa shape index (κ3) is 4.04. The maximum atomic E-state index is 12.8. The van der Waals surface area contributed by atoms with Crippen LogP contribution in [0.1, 0.15) is 41.6 Å². The van der Waals surface area contributed by atoms with E-state index in [1.54, 1.807) is 36.4 Å². The number of nitrogens with one attached hydrogen (secondary N) is 1. The highest BCUT2D eigenvalue weighted by atomic mass is 35.5. The summed E-state index contributed by atoms with van der Waals surface area (Å²) >= 11 is 5.99. The van der Waals surface area contributed by atoms with Gasteiger partial charge in [-0.25, -0.2) is 0 Å². The van der Waals surface area contributed by atoms with Crippen LogP contribution >= 0.6 is 11.6 Å². The van der Waals surface area contributed by atoms with Crippen molar-refractivity contribution in [1.29, 1.82) is 0 Å². The van der Waals surface area contributed by atoms with Crippen molar-refractivity contribution in [2.75, 3.05) is 18.4 Å². The molecule has 2 aliphatic rings. The van der Waals surface area contributed by atoms with Gasteiger partial charge in [-0.05, 0) is 54.8 Å². The number of hydrogen-bond donors (Lipinski definition) is 1. The van der Waals surface area contributed by atoms with Crippen LogP contribution in [0.3, 0.4) is 0 Å². The van der Waals surface area contributed by atoms with Gasteiger partial charge in [0.2, 0.25) is 0 Å². The largest absolute Gasteiger partial charge is 0.449 e. The van der Waals surface area contributed by atoms with E-state index in [0.717, 1.165) is 31.5 Å². The highest BCUT2D eigenvalue weighted by Crippen LogP contribution is 2.33. The maximum Gasteiger partial charge on any atom is 0.291 e. The Balaban J connectivity index is 1.56. The second kappa shape index (κ2) is 8.07. The number of fused-ring (bicyclic) bond motifs is 1. The quantitative estimate of drug-likeness (QED) is 0.746. The monoisotopic (exact) mass is 396 g/mol. The SMILES string of the molecule is O=C1Nc2cc(C(=O)N3CCCCCC3)ccc2OC1=Cc1cccc(Cl)c1. The smallest absolute Gasteiger partial charge is 0.291 e. The zero-order valence-electron chi connectivity index (χ0n) is 15.4. The molecule has 0 bridgehead atoms. The lowest BCUT2D eigenvalue weighted by molar-refractivity contribution is -0.115. The third-order valence-electron chi connectivity index (χ3n) is 4.96. The van der Waals surface area contributed by atoms with E-state index in [-0.39, 0.29) is 17.6 Å². The molecule has 28 heavy (non-hydrogen) atoms. The van der Waals surface area contributed by atoms with E-state index in [4.69, 9.17) is 16.3 Å². The number of nitrogens with zero attached hydrogens (tertiary/aromatic N) is 1. The second-order valence-electron chi connectivity index (χ2n) is 7.04. The molecule has 0 saturated carbocycles. The Kier molecular flexibility index (Phi) is 5.35. The zero-order valence-corrected chi connectivity index (χ0v) is 16.2. The molecule has 2 aromatic rings. The van der Waals surface area contributed by atoms with E-state index in [1.807, 2.05) is 17.0 Å².